The molecule has 0 spiro atoms. The van der Waals surface area contributed by atoms with Crippen LogP contribution in [0.25, 0.3) is 0 Å². The van der Waals surface area contributed by atoms with Crippen molar-refractivity contribution in [2.24, 2.45) is 11.3 Å². The van der Waals surface area contributed by atoms with Crippen molar-refractivity contribution >= 4 is 5.91 Å². The lowest BCUT2D eigenvalue weighted by molar-refractivity contribution is -0.124. The standard InChI is InChI=1S/C18H30N2O/c1-15(13-19-4)17(21)20-14-18(2,3)12-8-11-16-9-6-5-7-10-16/h5-7,9-10,15,19H,8,11-14H2,1-4H3,(H,20,21). The van der Waals surface area contributed by atoms with E-state index in [4.69, 9.17) is 0 Å². The van der Waals surface area contributed by atoms with E-state index in [1.807, 2.05) is 14.0 Å². The van der Waals surface area contributed by atoms with Crippen molar-refractivity contribution < 1.29 is 4.79 Å². The van der Waals surface area contributed by atoms with Gasteiger partial charge in [-0.15, -0.1) is 0 Å². The van der Waals surface area contributed by atoms with Crippen LogP contribution in [0, 0.1) is 11.3 Å². The number of carbonyl (C=O) groups is 1. The zero-order chi connectivity index (χ0) is 15.7. The summed E-state index contributed by atoms with van der Waals surface area (Å²) in [5.74, 6) is 0.163. The van der Waals surface area contributed by atoms with E-state index in [9.17, 15) is 4.79 Å². The van der Waals surface area contributed by atoms with E-state index in [0.29, 0.717) is 0 Å². The second kappa shape index (κ2) is 8.83. The lowest BCUT2D eigenvalue weighted by Crippen LogP contribution is -2.39. The average Bonchev–Trinajstić information content (AvgIpc) is 2.46. The van der Waals surface area contributed by atoms with Crippen LogP contribution in [0.3, 0.4) is 0 Å². The Hall–Kier alpha value is -1.35. The van der Waals surface area contributed by atoms with E-state index in [1.54, 1.807) is 0 Å². The van der Waals surface area contributed by atoms with Crippen molar-refractivity contribution in [1.29, 1.82) is 0 Å². The highest BCUT2D eigenvalue weighted by Crippen LogP contribution is 2.22. The number of hydrogen-bond acceptors (Lipinski definition) is 2. The molecule has 118 valence electrons. The molecule has 1 aromatic carbocycles. The van der Waals surface area contributed by atoms with Gasteiger partial charge >= 0.3 is 0 Å². The fourth-order valence-electron chi connectivity index (χ4n) is 2.40. The Kier molecular flexibility index (Phi) is 7.44. The van der Waals surface area contributed by atoms with E-state index in [2.05, 4.69) is 54.8 Å². The third-order valence-corrected chi connectivity index (χ3v) is 3.86. The molecule has 0 fully saturated rings. The van der Waals surface area contributed by atoms with Crippen LogP contribution >= 0.6 is 0 Å². The Morgan fingerprint density at radius 3 is 2.52 bits per heavy atom. The van der Waals surface area contributed by atoms with Crippen LogP contribution in [0.5, 0.6) is 0 Å². The molecule has 0 saturated heterocycles. The van der Waals surface area contributed by atoms with Gasteiger partial charge in [-0.25, -0.2) is 0 Å². The fraction of sp³-hybridized carbons (Fsp3) is 0.611. The van der Waals surface area contributed by atoms with Gasteiger partial charge < -0.3 is 10.6 Å². The largest absolute Gasteiger partial charge is 0.355 e. The average molecular weight is 290 g/mol. The summed E-state index contributed by atoms with van der Waals surface area (Å²) in [6.07, 6.45) is 3.37. The lowest BCUT2D eigenvalue weighted by atomic mass is 9.86. The molecule has 0 bridgehead atoms. The van der Waals surface area contributed by atoms with Crippen LogP contribution in [0.2, 0.25) is 0 Å². The number of aryl methyl sites for hydroxylation is 1. The molecular formula is C18H30N2O. The number of nitrogens with one attached hydrogen (secondary N) is 2. The normalized spacial score (nSPS) is 13.0. The minimum Gasteiger partial charge on any atom is -0.355 e. The smallest absolute Gasteiger partial charge is 0.224 e. The summed E-state index contributed by atoms with van der Waals surface area (Å²) in [5.41, 5.74) is 1.53. The highest BCUT2D eigenvalue weighted by atomic mass is 16.1. The predicted molar refractivity (Wildman–Crippen MR) is 89.3 cm³/mol. The highest BCUT2D eigenvalue weighted by Gasteiger charge is 2.20. The Balaban J connectivity index is 2.28. The Bertz CT molecular complexity index is 414. The number of benzene rings is 1. The maximum atomic E-state index is 11.9. The quantitative estimate of drug-likeness (QED) is 0.734. The molecule has 0 aliphatic carbocycles. The number of hydrogen-bond donors (Lipinski definition) is 2. The molecular weight excluding hydrogens is 260 g/mol. The van der Waals surface area contributed by atoms with Crippen molar-refractivity contribution in [3.63, 3.8) is 0 Å². The third-order valence-electron chi connectivity index (χ3n) is 3.86. The maximum Gasteiger partial charge on any atom is 0.224 e. The lowest BCUT2D eigenvalue weighted by Gasteiger charge is -2.26. The van der Waals surface area contributed by atoms with E-state index < -0.39 is 0 Å². The molecule has 2 N–H and O–H groups in total. The summed E-state index contributed by atoms with van der Waals surface area (Å²) in [7, 11) is 1.87. The van der Waals surface area contributed by atoms with E-state index in [1.165, 1.54) is 5.56 Å². The second-order valence-electron chi connectivity index (χ2n) is 6.68. The van der Waals surface area contributed by atoms with Gasteiger partial charge in [0.15, 0.2) is 0 Å². The van der Waals surface area contributed by atoms with Gasteiger partial charge in [-0.05, 0) is 37.3 Å². The molecule has 0 heterocycles. The number of amides is 1. The first kappa shape index (κ1) is 17.7. The molecule has 21 heavy (non-hydrogen) atoms. The van der Waals surface area contributed by atoms with Crippen LogP contribution in [-0.2, 0) is 11.2 Å². The van der Waals surface area contributed by atoms with Gasteiger partial charge in [0, 0.05) is 19.0 Å². The van der Waals surface area contributed by atoms with Gasteiger partial charge in [0.05, 0.1) is 0 Å². The number of carbonyl (C=O) groups excluding carboxylic acids is 1. The van der Waals surface area contributed by atoms with Crippen molar-refractivity contribution in [2.45, 2.75) is 40.0 Å². The van der Waals surface area contributed by atoms with Crippen molar-refractivity contribution in [3.8, 4) is 0 Å². The summed E-state index contributed by atoms with van der Waals surface area (Å²) >= 11 is 0. The monoisotopic (exact) mass is 290 g/mol. The Morgan fingerprint density at radius 2 is 1.90 bits per heavy atom. The summed E-state index contributed by atoms with van der Waals surface area (Å²) < 4.78 is 0. The zero-order valence-electron chi connectivity index (χ0n) is 13.9. The zero-order valence-corrected chi connectivity index (χ0v) is 13.9. The third kappa shape index (κ3) is 7.28. The van der Waals surface area contributed by atoms with Gasteiger partial charge in [0.25, 0.3) is 0 Å². The van der Waals surface area contributed by atoms with Crippen LogP contribution in [-0.4, -0.2) is 26.0 Å². The number of rotatable bonds is 9. The van der Waals surface area contributed by atoms with Gasteiger partial charge in [0.2, 0.25) is 5.91 Å². The first-order valence-corrected chi connectivity index (χ1v) is 7.91. The molecule has 3 nitrogen and oxygen atoms in total. The van der Waals surface area contributed by atoms with Gasteiger partial charge in [0.1, 0.15) is 0 Å². The SMILES string of the molecule is CNCC(C)C(=O)NCC(C)(C)CCCc1ccccc1. The topological polar surface area (TPSA) is 41.1 Å². The van der Waals surface area contributed by atoms with E-state index >= 15 is 0 Å². The van der Waals surface area contributed by atoms with Crippen LogP contribution < -0.4 is 10.6 Å². The molecule has 1 atom stereocenters. The van der Waals surface area contributed by atoms with Crippen LogP contribution in [0.15, 0.2) is 30.3 Å². The molecule has 0 aliphatic heterocycles. The van der Waals surface area contributed by atoms with Crippen molar-refractivity contribution in [1.82, 2.24) is 10.6 Å². The van der Waals surface area contributed by atoms with E-state index in [0.717, 1.165) is 32.4 Å². The Labute approximate surface area is 129 Å². The van der Waals surface area contributed by atoms with Crippen LogP contribution in [0.1, 0.15) is 39.2 Å². The summed E-state index contributed by atoms with van der Waals surface area (Å²) in [6.45, 7) is 7.87. The molecule has 1 aromatic rings. The predicted octanol–water partition coefficient (Wildman–Crippen LogP) is 3.01. The molecule has 0 aromatic heterocycles. The highest BCUT2D eigenvalue weighted by molar-refractivity contribution is 5.78. The van der Waals surface area contributed by atoms with E-state index in [-0.39, 0.29) is 17.2 Å². The first-order chi connectivity index (χ1) is 9.94. The first-order valence-electron chi connectivity index (χ1n) is 7.91. The molecule has 1 amide bonds. The van der Waals surface area contributed by atoms with Crippen LogP contribution in [0.4, 0.5) is 0 Å². The second-order valence-corrected chi connectivity index (χ2v) is 6.68. The van der Waals surface area contributed by atoms with Gasteiger partial charge in [-0.3, -0.25) is 4.79 Å². The molecule has 3 heteroatoms. The maximum absolute atomic E-state index is 11.9. The fourth-order valence-corrected chi connectivity index (χ4v) is 2.40. The molecule has 0 saturated carbocycles. The summed E-state index contributed by atoms with van der Waals surface area (Å²) in [6, 6.07) is 10.6. The Morgan fingerprint density at radius 1 is 1.24 bits per heavy atom. The minimum absolute atomic E-state index is 0.0233. The molecule has 1 rings (SSSR count). The van der Waals surface area contributed by atoms with Crippen molar-refractivity contribution in [3.05, 3.63) is 35.9 Å². The van der Waals surface area contributed by atoms with Gasteiger partial charge in [-0.1, -0.05) is 51.1 Å². The summed E-state index contributed by atoms with van der Waals surface area (Å²) in [5, 5.41) is 6.11. The molecule has 1 unspecified atom stereocenters. The van der Waals surface area contributed by atoms with Gasteiger partial charge in [-0.2, -0.15) is 0 Å². The van der Waals surface area contributed by atoms with Crippen molar-refractivity contribution in [2.75, 3.05) is 20.1 Å². The molecule has 0 aliphatic rings. The summed E-state index contributed by atoms with van der Waals surface area (Å²) in [4.78, 5) is 11.9. The minimum atomic E-state index is 0.0233. The molecule has 0 radical (unpaired) electrons.